The number of nitrogens with two attached hydrogens (primary N) is 2. The number of amides is 1. The molecule has 8 heteroatoms. The lowest BCUT2D eigenvalue weighted by Crippen LogP contribution is -2.25. The number of carbonyl (C=O) groups excluding carboxylic acids is 1. The molecular weight excluding hydrogens is 286 g/mol. The summed E-state index contributed by atoms with van der Waals surface area (Å²) in [6.07, 6.45) is -1.48. The van der Waals surface area contributed by atoms with Gasteiger partial charge in [-0.05, 0) is 17.7 Å². The number of carbonyl (C=O) groups is 1. The largest absolute Gasteiger partial charge is 0.390 e. The number of nitriles is 1. The Morgan fingerprint density at radius 2 is 2.00 bits per heavy atom. The van der Waals surface area contributed by atoms with Gasteiger partial charge in [-0.25, -0.2) is 4.68 Å². The Morgan fingerprint density at radius 3 is 2.50 bits per heavy atom. The quantitative estimate of drug-likeness (QED) is 0.589. The van der Waals surface area contributed by atoms with Crippen LogP contribution < -0.4 is 11.5 Å². The van der Waals surface area contributed by atoms with Crippen molar-refractivity contribution in [2.75, 3.05) is 5.73 Å². The van der Waals surface area contributed by atoms with Gasteiger partial charge in [0.2, 0.25) is 5.91 Å². The maximum Gasteiger partial charge on any atom is 0.220 e. The number of primary amides is 1. The molecule has 0 aliphatic rings. The molecular formula is C14H15N5O3. The van der Waals surface area contributed by atoms with E-state index < -0.39 is 18.1 Å². The molecule has 1 aromatic carbocycles. The van der Waals surface area contributed by atoms with Crippen molar-refractivity contribution in [1.82, 2.24) is 9.78 Å². The Bertz CT molecular complexity index is 717. The minimum absolute atomic E-state index is 0.213. The summed E-state index contributed by atoms with van der Waals surface area (Å²) in [6, 6.07) is 8.31. The van der Waals surface area contributed by atoms with Crippen LogP contribution in [-0.2, 0) is 4.79 Å². The number of aliphatic hydroxyl groups is 2. The van der Waals surface area contributed by atoms with E-state index in [4.69, 9.17) is 16.7 Å². The summed E-state index contributed by atoms with van der Waals surface area (Å²) in [6.45, 7) is 0. The second-order valence-electron chi connectivity index (χ2n) is 4.74. The first-order valence-electron chi connectivity index (χ1n) is 6.42. The fraction of sp³-hybridized carbons (Fsp3) is 0.214. The second-order valence-corrected chi connectivity index (χ2v) is 4.74. The van der Waals surface area contributed by atoms with Crippen LogP contribution >= 0.6 is 0 Å². The number of hydrogen-bond donors (Lipinski definition) is 4. The van der Waals surface area contributed by atoms with Crippen LogP contribution in [-0.4, -0.2) is 32.0 Å². The van der Waals surface area contributed by atoms with E-state index in [2.05, 4.69) is 5.10 Å². The monoisotopic (exact) mass is 301 g/mol. The number of hydrogen-bond acceptors (Lipinski definition) is 6. The number of anilines is 1. The van der Waals surface area contributed by atoms with Gasteiger partial charge in [-0.15, -0.1) is 0 Å². The summed E-state index contributed by atoms with van der Waals surface area (Å²) in [5.74, 6) is -0.485. The molecule has 1 aromatic heterocycles. The molecule has 0 saturated heterocycles. The van der Waals surface area contributed by atoms with Gasteiger partial charge >= 0.3 is 0 Å². The molecule has 1 heterocycles. The fourth-order valence-electron chi connectivity index (χ4n) is 2.00. The average Bonchev–Trinajstić information content (AvgIpc) is 2.87. The molecule has 2 aromatic rings. The van der Waals surface area contributed by atoms with Crippen molar-refractivity contribution in [2.24, 2.45) is 5.73 Å². The molecule has 2 rings (SSSR count). The van der Waals surface area contributed by atoms with Gasteiger partial charge in [0.1, 0.15) is 23.6 Å². The Morgan fingerprint density at radius 1 is 1.36 bits per heavy atom. The summed E-state index contributed by atoms with van der Waals surface area (Å²) in [7, 11) is 0. The minimum atomic E-state index is -1.27. The predicted octanol–water partition coefficient (Wildman–Crippen LogP) is -0.404. The Labute approximate surface area is 126 Å². The van der Waals surface area contributed by atoms with Crippen molar-refractivity contribution in [2.45, 2.75) is 18.6 Å². The van der Waals surface area contributed by atoms with Gasteiger partial charge in [0.05, 0.1) is 24.4 Å². The van der Waals surface area contributed by atoms with Crippen molar-refractivity contribution in [3.8, 4) is 11.8 Å². The molecule has 114 valence electrons. The van der Waals surface area contributed by atoms with E-state index in [1.165, 1.54) is 10.9 Å². The molecule has 0 spiro atoms. The van der Waals surface area contributed by atoms with Crippen LogP contribution in [0.2, 0.25) is 0 Å². The molecule has 0 bridgehead atoms. The molecule has 0 aliphatic carbocycles. The summed E-state index contributed by atoms with van der Waals surface area (Å²) >= 11 is 0. The van der Waals surface area contributed by atoms with Gasteiger partial charge in [-0.1, -0.05) is 12.1 Å². The third-order valence-corrected chi connectivity index (χ3v) is 3.18. The number of benzene rings is 1. The fourth-order valence-corrected chi connectivity index (χ4v) is 2.00. The maximum absolute atomic E-state index is 10.8. The summed E-state index contributed by atoms with van der Waals surface area (Å²) in [5, 5.41) is 32.5. The van der Waals surface area contributed by atoms with Crippen LogP contribution in [0, 0.1) is 11.3 Å². The molecule has 0 aliphatic heterocycles. The zero-order valence-corrected chi connectivity index (χ0v) is 11.5. The van der Waals surface area contributed by atoms with Gasteiger partial charge in [0, 0.05) is 0 Å². The van der Waals surface area contributed by atoms with Crippen molar-refractivity contribution in [1.29, 1.82) is 5.26 Å². The van der Waals surface area contributed by atoms with Gasteiger partial charge in [0.25, 0.3) is 0 Å². The first-order valence-corrected chi connectivity index (χ1v) is 6.42. The van der Waals surface area contributed by atoms with Crippen LogP contribution in [0.15, 0.2) is 30.5 Å². The van der Waals surface area contributed by atoms with E-state index in [1.807, 2.05) is 6.07 Å². The number of nitrogen functional groups attached to an aromatic ring is 1. The standard InChI is InChI=1S/C14H15N5O3/c15-6-9-7-18-19(14(9)17)10-3-1-8(2-4-10)13(22)11(20)5-12(16)21/h1-4,7,11,13,20,22H,5,17H2,(H2,16,21). The lowest BCUT2D eigenvalue weighted by Gasteiger charge is -2.17. The van der Waals surface area contributed by atoms with E-state index in [0.29, 0.717) is 11.3 Å². The average molecular weight is 301 g/mol. The molecule has 2 atom stereocenters. The van der Waals surface area contributed by atoms with Crippen molar-refractivity contribution < 1.29 is 15.0 Å². The molecule has 1 amide bonds. The zero-order valence-electron chi connectivity index (χ0n) is 11.5. The summed E-state index contributed by atoms with van der Waals surface area (Å²) in [5.41, 5.74) is 12.0. The summed E-state index contributed by atoms with van der Waals surface area (Å²) in [4.78, 5) is 10.8. The first-order chi connectivity index (χ1) is 10.4. The minimum Gasteiger partial charge on any atom is -0.390 e. The second kappa shape index (κ2) is 6.26. The number of nitrogens with zero attached hydrogens (tertiary/aromatic N) is 3. The summed E-state index contributed by atoms with van der Waals surface area (Å²) < 4.78 is 1.38. The van der Waals surface area contributed by atoms with Crippen molar-refractivity contribution in [3.05, 3.63) is 41.6 Å². The third kappa shape index (κ3) is 3.06. The molecule has 22 heavy (non-hydrogen) atoms. The van der Waals surface area contributed by atoms with Gasteiger partial charge in [0.15, 0.2) is 0 Å². The lowest BCUT2D eigenvalue weighted by molar-refractivity contribution is -0.121. The third-order valence-electron chi connectivity index (χ3n) is 3.18. The van der Waals surface area contributed by atoms with Crippen LogP contribution in [0.3, 0.4) is 0 Å². The van der Waals surface area contributed by atoms with Gasteiger partial charge < -0.3 is 21.7 Å². The molecule has 0 saturated carbocycles. The lowest BCUT2D eigenvalue weighted by atomic mass is 10.0. The Kier molecular flexibility index (Phi) is 4.41. The van der Waals surface area contributed by atoms with Crippen LogP contribution in [0.5, 0.6) is 0 Å². The highest BCUT2D eigenvalue weighted by molar-refractivity contribution is 5.74. The van der Waals surface area contributed by atoms with Gasteiger partial charge in [-0.2, -0.15) is 10.4 Å². The van der Waals surface area contributed by atoms with E-state index in [9.17, 15) is 15.0 Å². The van der Waals surface area contributed by atoms with E-state index in [0.717, 1.165) is 0 Å². The zero-order chi connectivity index (χ0) is 16.3. The van der Waals surface area contributed by atoms with Crippen LogP contribution in [0.4, 0.5) is 5.82 Å². The van der Waals surface area contributed by atoms with Gasteiger partial charge in [-0.3, -0.25) is 4.79 Å². The predicted molar refractivity (Wildman–Crippen MR) is 77.5 cm³/mol. The Balaban J connectivity index is 2.21. The molecule has 0 radical (unpaired) electrons. The molecule has 0 fully saturated rings. The van der Waals surface area contributed by atoms with E-state index >= 15 is 0 Å². The normalized spacial score (nSPS) is 13.3. The molecule has 8 nitrogen and oxygen atoms in total. The van der Waals surface area contributed by atoms with Crippen LogP contribution in [0.1, 0.15) is 23.7 Å². The van der Waals surface area contributed by atoms with E-state index in [-0.39, 0.29) is 17.8 Å². The Hall–Kier alpha value is -2.89. The number of aromatic nitrogens is 2. The smallest absolute Gasteiger partial charge is 0.220 e. The number of rotatable bonds is 5. The highest BCUT2D eigenvalue weighted by Gasteiger charge is 2.20. The van der Waals surface area contributed by atoms with E-state index in [1.54, 1.807) is 24.3 Å². The number of aliphatic hydroxyl groups excluding tert-OH is 2. The maximum atomic E-state index is 10.8. The molecule has 2 unspecified atom stereocenters. The highest BCUT2D eigenvalue weighted by Crippen LogP contribution is 2.22. The van der Waals surface area contributed by atoms with Crippen molar-refractivity contribution >= 4 is 11.7 Å². The molecule has 6 N–H and O–H groups in total. The van der Waals surface area contributed by atoms with Crippen LogP contribution in [0.25, 0.3) is 5.69 Å². The first kappa shape index (κ1) is 15.5. The van der Waals surface area contributed by atoms with Crippen molar-refractivity contribution in [3.63, 3.8) is 0 Å². The highest BCUT2D eigenvalue weighted by atomic mass is 16.3. The topological polar surface area (TPSA) is 151 Å². The SMILES string of the molecule is N#Cc1cnn(-c2ccc(C(O)C(O)CC(N)=O)cc2)c1N.